The fraction of sp³-hybridized carbons (Fsp3) is 0.297. The first-order valence-corrected chi connectivity index (χ1v) is 20.2. The highest BCUT2D eigenvalue weighted by Crippen LogP contribution is 2.68. The van der Waals surface area contributed by atoms with Crippen molar-refractivity contribution in [2.75, 3.05) is 11.0 Å². The highest BCUT2D eigenvalue weighted by atomic mass is 35.5. The number of aromatic amines is 1. The molecule has 14 nitrogen and oxygen atoms in total. The lowest BCUT2D eigenvalue weighted by molar-refractivity contribution is -0.123. The predicted octanol–water partition coefficient (Wildman–Crippen LogP) is 6.66. The van der Waals surface area contributed by atoms with E-state index in [1.54, 1.807) is 43.3 Å². The first kappa shape index (κ1) is 38.6. The van der Waals surface area contributed by atoms with Crippen molar-refractivity contribution in [3.63, 3.8) is 0 Å². The fourth-order valence-corrected chi connectivity index (χ4v) is 8.83. The fourth-order valence-electron chi connectivity index (χ4n) is 8.09. The number of nitrogens with one attached hydrogen (secondary N) is 3. The van der Waals surface area contributed by atoms with Crippen LogP contribution in [-0.4, -0.2) is 64.9 Å². The molecule has 0 bridgehead atoms. The van der Waals surface area contributed by atoms with Crippen molar-refractivity contribution in [3.8, 4) is 22.5 Å². The van der Waals surface area contributed by atoms with Crippen LogP contribution >= 0.6 is 11.6 Å². The molecule has 9 rings (SSSR count). The van der Waals surface area contributed by atoms with Crippen molar-refractivity contribution in [2.45, 2.75) is 43.7 Å². The molecule has 3 atom stereocenters. The van der Waals surface area contributed by atoms with E-state index < -0.39 is 75.7 Å². The topological polar surface area (TPSA) is 170 Å². The number of hydrogen-bond donors (Lipinski definition) is 3. The lowest BCUT2D eigenvalue weighted by Gasteiger charge is -2.23. The Morgan fingerprint density at radius 3 is 2.47 bits per heavy atom. The molecule has 0 saturated heterocycles. The molecular weight excluding hydrogens is 828 g/mol. The van der Waals surface area contributed by atoms with Crippen LogP contribution in [-0.2, 0) is 47.8 Å². The number of alkyl halides is 4. The summed E-state index contributed by atoms with van der Waals surface area (Å²) in [6, 6.07) is 6.20. The number of halogens is 7. The molecule has 5 aromatic heterocycles. The van der Waals surface area contributed by atoms with Crippen LogP contribution in [0.2, 0.25) is 5.02 Å². The molecule has 0 unspecified atom stereocenters. The number of fused-ring (bicyclic) bond motifs is 5. The maximum absolute atomic E-state index is 15.5. The van der Waals surface area contributed by atoms with Gasteiger partial charge in [0.25, 0.3) is 12.3 Å². The molecule has 0 aliphatic heterocycles. The first-order chi connectivity index (χ1) is 27.9. The molecule has 2 aliphatic rings. The lowest BCUT2D eigenvalue weighted by Crippen LogP contribution is -2.35. The summed E-state index contributed by atoms with van der Waals surface area (Å²) in [5.74, 6) is -7.99. The second-order valence-corrected chi connectivity index (χ2v) is 16.9. The Balaban J connectivity index is 1.22. The molecule has 1 saturated carbocycles. The van der Waals surface area contributed by atoms with Crippen LogP contribution in [0.1, 0.15) is 53.0 Å². The highest BCUT2D eigenvalue weighted by molar-refractivity contribution is 7.92. The van der Waals surface area contributed by atoms with E-state index in [4.69, 9.17) is 16.6 Å². The van der Waals surface area contributed by atoms with Crippen molar-refractivity contribution in [2.24, 2.45) is 20.0 Å². The monoisotopic (exact) mass is 857 g/mol. The molecule has 306 valence electrons. The Hall–Kier alpha value is -5.96. The molecule has 0 radical (unpaired) electrons. The normalized spacial score (nSPS) is 17.5. The summed E-state index contributed by atoms with van der Waals surface area (Å²) in [5.41, 5.74) is 0.381. The van der Waals surface area contributed by atoms with Gasteiger partial charge in [-0.3, -0.25) is 23.6 Å². The van der Waals surface area contributed by atoms with Gasteiger partial charge in [0.15, 0.2) is 11.5 Å². The van der Waals surface area contributed by atoms with Gasteiger partial charge >= 0.3 is 0 Å². The average molecular weight is 858 g/mol. The second kappa shape index (κ2) is 13.5. The second-order valence-electron chi connectivity index (χ2n) is 14.7. The molecule has 1 amide bonds. The number of imidazole rings is 1. The SMILES string of the molecule is Cn1cc(-c2nc3nc([C@H](Cc4cc(F)cc(F)c4)NC(=O)Cn4nc(C(F)F)c5c4C(F)(F)[C@@H]4C[C@H]54)c(-c4ccc(Cl)c5c(NS(C)(=O)=O)nn(C)c45)cc3[nH]2)cn1. The zero-order valence-electron chi connectivity index (χ0n) is 30.9. The smallest absolute Gasteiger partial charge is 0.293 e. The molecule has 1 fully saturated rings. The van der Waals surface area contributed by atoms with Crippen LogP contribution in [0, 0.1) is 17.6 Å². The quantitative estimate of drug-likeness (QED) is 0.121. The first-order valence-electron chi connectivity index (χ1n) is 17.9. The Bertz CT molecular complexity index is 2980. The minimum Gasteiger partial charge on any atom is -0.346 e. The van der Waals surface area contributed by atoms with Crippen LogP contribution in [0.25, 0.3) is 44.6 Å². The number of benzene rings is 2. The molecule has 7 aromatic rings. The lowest BCUT2D eigenvalue weighted by atomic mass is 9.94. The van der Waals surface area contributed by atoms with Gasteiger partial charge < -0.3 is 10.3 Å². The number of carbonyl (C=O) groups is 1. The van der Waals surface area contributed by atoms with E-state index in [9.17, 15) is 30.8 Å². The number of rotatable bonds is 11. The number of hydrogen-bond acceptors (Lipinski definition) is 8. The Kier molecular flexibility index (Phi) is 8.85. The zero-order valence-corrected chi connectivity index (χ0v) is 32.5. The molecule has 22 heteroatoms. The Morgan fingerprint density at radius 2 is 1.80 bits per heavy atom. The molecule has 2 aromatic carbocycles. The summed E-state index contributed by atoms with van der Waals surface area (Å²) < 4.78 is 119. The number of amides is 1. The average Bonchev–Trinajstić information content (AvgIpc) is 3.44. The van der Waals surface area contributed by atoms with Gasteiger partial charge in [-0.15, -0.1) is 0 Å². The number of H-pyrrole nitrogens is 1. The maximum Gasteiger partial charge on any atom is 0.293 e. The number of sulfonamides is 1. The van der Waals surface area contributed by atoms with Gasteiger partial charge in [0, 0.05) is 49.0 Å². The van der Waals surface area contributed by atoms with Crippen molar-refractivity contribution < 1.29 is 39.6 Å². The molecule has 0 spiro atoms. The Morgan fingerprint density at radius 1 is 1.05 bits per heavy atom. The van der Waals surface area contributed by atoms with Gasteiger partial charge in [-0.05, 0) is 48.6 Å². The highest BCUT2D eigenvalue weighted by Gasteiger charge is 2.67. The van der Waals surface area contributed by atoms with Crippen LogP contribution in [0.5, 0.6) is 0 Å². The van der Waals surface area contributed by atoms with Crippen LogP contribution in [0.3, 0.4) is 0 Å². The summed E-state index contributed by atoms with van der Waals surface area (Å²) in [6.45, 7) is -0.906. The van der Waals surface area contributed by atoms with E-state index in [0.29, 0.717) is 38.7 Å². The third kappa shape index (κ3) is 6.74. The van der Waals surface area contributed by atoms with E-state index in [1.165, 1.54) is 10.7 Å². The summed E-state index contributed by atoms with van der Waals surface area (Å²) in [5, 5.41) is 15.4. The minimum absolute atomic E-state index is 0.0247. The third-order valence-electron chi connectivity index (χ3n) is 10.5. The van der Waals surface area contributed by atoms with Gasteiger partial charge in [0.05, 0.1) is 51.2 Å². The van der Waals surface area contributed by atoms with Gasteiger partial charge in [-0.1, -0.05) is 17.7 Å². The van der Waals surface area contributed by atoms with Crippen LogP contribution in [0.4, 0.5) is 32.2 Å². The van der Waals surface area contributed by atoms with E-state index >= 15 is 8.78 Å². The van der Waals surface area contributed by atoms with Crippen molar-refractivity contribution >= 4 is 55.4 Å². The minimum atomic E-state index is -3.84. The number of aryl methyl sites for hydroxylation is 2. The van der Waals surface area contributed by atoms with Crippen molar-refractivity contribution in [1.82, 2.24) is 49.6 Å². The number of carbonyl (C=O) groups excluding carboxylic acids is 1. The van der Waals surface area contributed by atoms with E-state index in [2.05, 4.69) is 35.3 Å². The van der Waals surface area contributed by atoms with E-state index in [-0.39, 0.29) is 57.1 Å². The zero-order chi connectivity index (χ0) is 41.9. The Labute approximate surface area is 334 Å². The van der Waals surface area contributed by atoms with Crippen molar-refractivity contribution in [3.05, 3.63) is 93.7 Å². The van der Waals surface area contributed by atoms with E-state index in [1.807, 2.05) is 0 Å². The number of anilines is 1. The van der Waals surface area contributed by atoms with Gasteiger partial charge in [0.2, 0.25) is 15.9 Å². The molecule has 5 heterocycles. The molecule has 3 N–H and O–H groups in total. The number of pyridine rings is 1. The maximum atomic E-state index is 15.5. The largest absolute Gasteiger partial charge is 0.346 e. The van der Waals surface area contributed by atoms with Gasteiger partial charge in [-0.25, -0.2) is 35.9 Å². The predicted molar refractivity (Wildman–Crippen MR) is 202 cm³/mol. The summed E-state index contributed by atoms with van der Waals surface area (Å²) in [7, 11) is -0.581. The number of aromatic nitrogens is 9. The molecular formula is C37H30ClF6N11O3S. The molecule has 59 heavy (non-hydrogen) atoms. The standard InChI is InChI=1S/C37H30ClF6N11O3S/c1-53-13-16(12-45-53)34-47-25-11-20(19-4-5-23(38)28-31(19)54(2)51-36(28)52-59(3,57)58)29(48-35(25)49-34)24(8-15-6-17(39)9-18(40)7-15)46-26(56)14-55-32-27(30(50-55)33(41)42)21-10-22(21)37(32,43)44/h4-7,9,11-13,21-22,24,33H,8,10,14H2,1-3H3,(H,46,56)(H,51,52)(H,47,48,49)/t21-,22+,24-/m0/s1. The third-order valence-corrected chi connectivity index (χ3v) is 11.4. The molecule has 2 aliphatic carbocycles. The van der Waals surface area contributed by atoms with Gasteiger partial charge in [-0.2, -0.15) is 24.1 Å². The summed E-state index contributed by atoms with van der Waals surface area (Å²) in [6.07, 6.45) is 0.741. The summed E-state index contributed by atoms with van der Waals surface area (Å²) in [4.78, 5) is 26.8. The van der Waals surface area contributed by atoms with E-state index in [0.717, 1.165) is 18.4 Å². The van der Waals surface area contributed by atoms with Gasteiger partial charge in [0.1, 0.15) is 35.4 Å². The number of nitrogens with zero attached hydrogens (tertiary/aromatic N) is 8. The summed E-state index contributed by atoms with van der Waals surface area (Å²) >= 11 is 6.65. The van der Waals surface area contributed by atoms with Crippen LogP contribution < -0.4 is 10.0 Å². The van der Waals surface area contributed by atoms with Crippen molar-refractivity contribution in [1.29, 1.82) is 0 Å². The van der Waals surface area contributed by atoms with Crippen LogP contribution in [0.15, 0.2) is 48.8 Å².